The predicted octanol–water partition coefficient (Wildman–Crippen LogP) is 0.563. The normalized spacial score (nSPS) is 11.8. The molecule has 2 amide bonds. The Bertz CT molecular complexity index is 1160. The summed E-state index contributed by atoms with van der Waals surface area (Å²) in [5.74, 6) is 0.0411. The van der Waals surface area contributed by atoms with Crippen LogP contribution in [-0.2, 0) is 20.0 Å². The van der Waals surface area contributed by atoms with Gasteiger partial charge in [-0.1, -0.05) is 0 Å². The van der Waals surface area contributed by atoms with Crippen molar-refractivity contribution in [3.63, 3.8) is 0 Å². The van der Waals surface area contributed by atoms with Crippen molar-refractivity contribution in [2.45, 2.75) is 16.7 Å². The average Bonchev–Trinajstić information content (AvgIpc) is 2.66. The van der Waals surface area contributed by atoms with E-state index >= 15 is 0 Å². The van der Waals surface area contributed by atoms with Gasteiger partial charge in [0.15, 0.2) is 0 Å². The SMILES string of the molecule is COc1ccc(S(=O)(=O)N(C)C)c(S(=O)(=O)NC(=O)Nc2nc(C)cc(OC)n2)c1. The number of carbonyl (C=O) groups excluding carboxylic acids is 1. The van der Waals surface area contributed by atoms with Crippen LogP contribution in [0.4, 0.5) is 10.7 Å². The molecule has 2 aromatic rings. The maximum atomic E-state index is 12.8. The average molecular weight is 460 g/mol. The van der Waals surface area contributed by atoms with Crippen molar-refractivity contribution in [1.82, 2.24) is 19.0 Å². The Hall–Kier alpha value is -2.97. The van der Waals surface area contributed by atoms with Crippen LogP contribution in [0.15, 0.2) is 34.1 Å². The van der Waals surface area contributed by atoms with E-state index < -0.39 is 35.9 Å². The summed E-state index contributed by atoms with van der Waals surface area (Å²) in [4.78, 5) is 18.9. The molecular formula is C16H21N5O7S2. The van der Waals surface area contributed by atoms with E-state index in [1.165, 1.54) is 40.4 Å². The van der Waals surface area contributed by atoms with Gasteiger partial charge in [0.1, 0.15) is 15.5 Å². The first-order valence-corrected chi connectivity index (χ1v) is 11.2. The molecule has 0 fully saturated rings. The van der Waals surface area contributed by atoms with Crippen molar-refractivity contribution in [3.05, 3.63) is 30.0 Å². The number of aromatic nitrogens is 2. The zero-order valence-corrected chi connectivity index (χ0v) is 18.5. The Balaban J connectivity index is 2.41. The summed E-state index contributed by atoms with van der Waals surface area (Å²) in [6.07, 6.45) is 0. The molecule has 0 aliphatic rings. The van der Waals surface area contributed by atoms with Crippen LogP contribution in [0.25, 0.3) is 0 Å². The fourth-order valence-electron chi connectivity index (χ4n) is 2.24. The van der Waals surface area contributed by atoms with Gasteiger partial charge in [0, 0.05) is 31.9 Å². The number of sulfonamides is 2. The van der Waals surface area contributed by atoms with Crippen LogP contribution >= 0.6 is 0 Å². The molecule has 1 aromatic carbocycles. The topological polar surface area (TPSA) is 157 Å². The number of hydrogen-bond acceptors (Lipinski definition) is 9. The third-order valence-electron chi connectivity index (χ3n) is 3.69. The van der Waals surface area contributed by atoms with Gasteiger partial charge in [-0.2, -0.15) is 4.98 Å². The van der Waals surface area contributed by atoms with E-state index in [-0.39, 0.29) is 17.6 Å². The number of nitrogens with zero attached hydrogens (tertiary/aromatic N) is 3. The molecule has 0 saturated heterocycles. The van der Waals surface area contributed by atoms with Gasteiger partial charge in [0.2, 0.25) is 21.9 Å². The number of anilines is 1. The zero-order valence-electron chi connectivity index (χ0n) is 16.8. The Morgan fingerprint density at radius 3 is 2.23 bits per heavy atom. The molecule has 0 atom stereocenters. The smallest absolute Gasteiger partial charge is 0.335 e. The molecule has 164 valence electrons. The molecule has 1 aromatic heterocycles. The van der Waals surface area contributed by atoms with Crippen LogP contribution in [0.2, 0.25) is 0 Å². The summed E-state index contributed by atoms with van der Waals surface area (Å²) in [6.45, 7) is 1.62. The molecule has 0 radical (unpaired) electrons. The molecule has 0 saturated carbocycles. The molecule has 0 bridgehead atoms. The third kappa shape index (κ3) is 5.14. The molecule has 14 heteroatoms. The van der Waals surface area contributed by atoms with Gasteiger partial charge in [0.05, 0.1) is 14.2 Å². The lowest BCUT2D eigenvalue weighted by Crippen LogP contribution is -2.36. The van der Waals surface area contributed by atoms with Gasteiger partial charge in [0.25, 0.3) is 10.0 Å². The molecule has 12 nitrogen and oxygen atoms in total. The number of carbonyl (C=O) groups is 1. The first kappa shape index (κ1) is 23.3. The lowest BCUT2D eigenvalue weighted by Gasteiger charge is -2.16. The molecule has 2 N–H and O–H groups in total. The number of amides is 2. The van der Waals surface area contributed by atoms with Gasteiger partial charge >= 0.3 is 6.03 Å². The van der Waals surface area contributed by atoms with E-state index in [0.29, 0.717) is 5.69 Å². The zero-order chi connectivity index (χ0) is 22.7. The first-order valence-electron chi connectivity index (χ1n) is 8.24. The van der Waals surface area contributed by atoms with Gasteiger partial charge in [-0.25, -0.2) is 35.6 Å². The number of ether oxygens (including phenoxy) is 2. The van der Waals surface area contributed by atoms with Crippen molar-refractivity contribution in [2.24, 2.45) is 0 Å². The van der Waals surface area contributed by atoms with E-state index in [4.69, 9.17) is 9.47 Å². The van der Waals surface area contributed by atoms with Crippen molar-refractivity contribution in [2.75, 3.05) is 33.6 Å². The summed E-state index contributed by atoms with van der Waals surface area (Å²) in [5.41, 5.74) is 0.465. The molecule has 30 heavy (non-hydrogen) atoms. The highest BCUT2D eigenvalue weighted by atomic mass is 32.2. The van der Waals surface area contributed by atoms with E-state index in [0.717, 1.165) is 16.4 Å². The van der Waals surface area contributed by atoms with Crippen molar-refractivity contribution in [3.8, 4) is 11.6 Å². The van der Waals surface area contributed by atoms with Crippen LogP contribution in [0.1, 0.15) is 5.69 Å². The molecule has 1 heterocycles. The minimum Gasteiger partial charge on any atom is -0.497 e. The summed E-state index contributed by atoms with van der Waals surface area (Å²) >= 11 is 0. The Labute approximate surface area is 174 Å². The molecular weight excluding hydrogens is 438 g/mol. The highest BCUT2D eigenvalue weighted by molar-refractivity contribution is 7.92. The van der Waals surface area contributed by atoms with Gasteiger partial charge in [-0.15, -0.1) is 0 Å². The molecule has 0 aliphatic carbocycles. The van der Waals surface area contributed by atoms with Gasteiger partial charge in [-0.3, -0.25) is 5.32 Å². The van der Waals surface area contributed by atoms with Gasteiger partial charge < -0.3 is 9.47 Å². The van der Waals surface area contributed by atoms with Crippen molar-refractivity contribution < 1.29 is 31.1 Å². The van der Waals surface area contributed by atoms with Crippen LogP contribution in [0.5, 0.6) is 11.6 Å². The Morgan fingerprint density at radius 2 is 1.67 bits per heavy atom. The fraction of sp³-hybridized carbons (Fsp3) is 0.312. The molecule has 2 rings (SSSR count). The minimum absolute atomic E-state index is 0.0836. The largest absolute Gasteiger partial charge is 0.497 e. The van der Waals surface area contributed by atoms with Crippen LogP contribution < -0.4 is 19.5 Å². The second-order valence-corrected chi connectivity index (χ2v) is 9.81. The van der Waals surface area contributed by atoms with Crippen LogP contribution in [0.3, 0.4) is 0 Å². The standard InChI is InChI=1S/C16H21N5O7S2/c1-10-8-14(28-5)18-15(17-10)19-16(22)20-29(23,24)13-9-11(27-4)6-7-12(13)30(25,26)21(2)3/h6-9H,1-5H3,(H2,17,18,19,20,22). The lowest BCUT2D eigenvalue weighted by atomic mass is 10.3. The van der Waals surface area contributed by atoms with Crippen molar-refractivity contribution in [1.29, 1.82) is 0 Å². The van der Waals surface area contributed by atoms with E-state index in [9.17, 15) is 21.6 Å². The first-order chi connectivity index (χ1) is 13.9. The molecule has 0 aliphatic heterocycles. The van der Waals surface area contributed by atoms with E-state index in [1.54, 1.807) is 11.6 Å². The quantitative estimate of drug-likeness (QED) is 0.604. The summed E-state index contributed by atoms with van der Waals surface area (Å²) in [7, 11) is -3.61. The number of rotatable bonds is 7. The van der Waals surface area contributed by atoms with Gasteiger partial charge in [-0.05, 0) is 19.1 Å². The second kappa shape index (κ2) is 8.81. The fourth-order valence-corrected chi connectivity index (χ4v) is 4.84. The minimum atomic E-state index is -4.62. The highest BCUT2D eigenvalue weighted by Crippen LogP contribution is 2.27. The number of methoxy groups -OCH3 is 2. The monoisotopic (exact) mass is 459 g/mol. The Kier molecular flexibility index (Phi) is 6.84. The summed E-state index contributed by atoms with van der Waals surface area (Å²) in [6, 6.07) is 3.68. The maximum Gasteiger partial charge on any atom is 0.335 e. The number of hydrogen-bond donors (Lipinski definition) is 2. The Morgan fingerprint density at radius 1 is 1.00 bits per heavy atom. The number of aryl methyl sites for hydroxylation is 1. The molecule has 0 unspecified atom stereocenters. The van der Waals surface area contributed by atoms with Crippen LogP contribution in [-0.4, -0.2) is 65.5 Å². The van der Waals surface area contributed by atoms with Crippen LogP contribution in [0, 0.1) is 6.92 Å². The summed E-state index contributed by atoms with van der Waals surface area (Å²) < 4.78 is 63.2. The maximum absolute atomic E-state index is 12.8. The number of benzene rings is 1. The third-order valence-corrected chi connectivity index (χ3v) is 7.06. The predicted molar refractivity (Wildman–Crippen MR) is 107 cm³/mol. The summed E-state index contributed by atoms with van der Waals surface area (Å²) in [5, 5.41) is 2.17. The lowest BCUT2D eigenvalue weighted by molar-refractivity contribution is 0.256. The highest BCUT2D eigenvalue weighted by Gasteiger charge is 2.30. The second-order valence-electron chi connectivity index (χ2n) is 6.04. The van der Waals surface area contributed by atoms with Crippen molar-refractivity contribution >= 4 is 32.0 Å². The number of urea groups is 1. The van der Waals surface area contributed by atoms with E-state index in [2.05, 4.69) is 15.3 Å². The molecule has 0 spiro atoms. The number of nitrogens with one attached hydrogen (secondary N) is 2. The van der Waals surface area contributed by atoms with E-state index in [1.807, 2.05) is 0 Å².